The lowest BCUT2D eigenvalue weighted by Crippen LogP contribution is -2.10. The Hall–Kier alpha value is -3.84. The molecule has 0 saturated carbocycles. The molecular formula is C34H30O. The fourth-order valence-corrected chi connectivity index (χ4v) is 5.26. The van der Waals surface area contributed by atoms with Gasteiger partial charge in [0.05, 0.1) is 6.61 Å². The van der Waals surface area contributed by atoms with Gasteiger partial charge in [0.15, 0.2) is 0 Å². The molecule has 0 aliphatic heterocycles. The van der Waals surface area contributed by atoms with Crippen molar-refractivity contribution in [3.05, 3.63) is 103 Å². The Bertz CT molecular complexity index is 1630. The first-order chi connectivity index (χ1) is 16.9. The van der Waals surface area contributed by atoms with Crippen molar-refractivity contribution in [1.82, 2.24) is 0 Å². The summed E-state index contributed by atoms with van der Waals surface area (Å²) in [6, 6.07) is 35.7. The lowest BCUT2D eigenvalue weighted by Gasteiger charge is -2.22. The van der Waals surface area contributed by atoms with Crippen LogP contribution >= 0.6 is 0 Å². The summed E-state index contributed by atoms with van der Waals surface area (Å²) >= 11 is 0. The molecule has 0 heterocycles. The summed E-state index contributed by atoms with van der Waals surface area (Å²) in [6.07, 6.45) is 0. The summed E-state index contributed by atoms with van der Waals surface area (Å²) in [5.41, 5.74) is 6.45. The zero-order chi connectivity index (χ0) is 24.2. The van der Waals surface area contributed by atoms with E-state index in [0.717, 1.165) is 5.75 Å². The molecule has 35 heavy (non-hydrogen) atoms. The van der Waals surface area contributed by atoms with Gasteiger partial charge in [0.2, 0.25) is 0 Å². The van der Waals surface area contributed by atoms with Crippen LogP contribution in [0.5, 0.6) is 5.75 Å². The third kappa shape index (κ3) is 3.72. The van der Waals surface area contributed by atoms with Gasteiger partial charge in [0, 0.05) is 0 Å². The molecule has 0 radical (unpaired) electrons. The molecule has 0 bridgehead atoms. The van der Waals surface area contributed by atoms with Gasteiger partial charge in [-0.15, -0.1) is 0 Å². The van der Waals surface area contributed by atoms with Gasteiger partial charge in [-0.05, 0) is 84.6 Å². The Morgan fingerprint density at radius 2 is 1.11 bits per heavy atom. The zero-order valence-electron chi connectivity index (χ0n) is 20.9. The Morgan fingerprint density at radius 3 is 1.74 bits per heavy atom. The van der Waals surface area contributed by atoms with Crippen LogP contribution in [-0.2, 0) is 5.41 Å². The maximum Gasteiger partial charge on any atom is 0.119 e. The van der Waals surface area contributed by atoms with Crippen molar-refractivity contribution in [3.63, 3.8) is 0 Å². The summed E-state index contributed by atoms with van der Waals surface area (Å²) in [5, 5.41) is 8.02. The van der Waals surface area contributed by atoms with Crippen molar-refractivity contribution >= 4 is 32.3 Å². The average Bonchev–Trinajstić information content (AvgIpc) is 2.87. The highest BCUT2D eigenvalue weighted by molar-refractivity contribution is 6.25. The highest BCUT2D eigenvalue weighted by atomic mass is 16.5. The maximum atomic E-state index is 5.59. The van der Waals surface area contributed by atoms with Gasteiger partial charge in [0.25, 0.3) is 0 Å². The Balaban J connectivity index is 1.46. The van der Waals surface area contributed by atoms with Crippen molar-refractivity contribution in [2.24, 2.45) is 0 Å². The first-order valence-corrected chi connectivity index (χ1v) is 12.5. The van der Waals surface area contributed by atoms with Gasteiger partial charge in [-0.3, -0.25) is 0 Å². The molecule has 0 aliphatic rings. The van der Waals surface area contributed by atoms with E-state index in [1.165, 1.54) is 60.1 Å². The minimum absolute atomic E-state index is 0.126. The second kappa shape index (κ2) is 8.13. The number of benzene rings is 6. The molecule has 0 atom stereocenters. The normalized spacial score (nSPS) is 12.1. The quantitative estimate of drug-likeness (QED) is 0.241. The monoisotopic (exact) mass is 454 g/mol. The van der Waals surface area contributed by atoms with Gasteiger partial charge in [0.1, 0.15) is 5.75 Å². The maximum absolute atomic E-state index is 5.59. The topological polar surface area (TPSA) is 9.23 Å². The van der Waals surface area contributed by atoms with Gasteiger partial charge in [-0.1, -0.05) is 106 Å². The van der Waals surface area contributed by atoms with E-state index in [2.05, 4.69) is 106 Å². The molecule has 0 spiro atoms. The summed E-state index contributed by atoms with van der Waals surface area (Å²) in [4.78, 5) is 0. The number of rotatable bonds is 4. The standard InChI is InChI=1S/C34H30O/c1-5-35-29-16-12-23(13-17-29)22-6-8-24(9-7-22)30-18-14-25-10-11-26-20-28(34(2,3)4)21-27-15-19-31(30)33(25)32(26)27/h6-21H,5H2,1-4H3. The van der Waals surface area contributed by atoms with E-state index in [0.29, 0.717) is 6.61 Å². The van der Waals surface area contributed by atoms with Crippen molar-refractivity contribution in [1.29, 1.82) is 0 Å². The Morgan fingerprint density at radius 1 is 0.571 bits per heavy atom. The van der Waals surface area contributed by atoms with Crippen molar-refractivity contribution in [3.8, 4) is 28.0 Å². The number of hydrogen-bond donors (Lipinski definition) is 0. The minimum atomic E-state index is 0.126. The van der Waals surface area contributed by atoms with Gasteiger partial charge >= 0.3 is 0 Å². The van der Waals surface area contributed by atoms with Crippen molar-refractivity contribution in [2.45, 2.75) is 33.1 Å². The SMILES string of the molecule is CCOc1ccc(-c2ccc(-c3ccc4ccc5cc(C(C)(C)C)cc6ccc3c4c56)cc2)cc1. The van der Waals surface area contributed by atoms with E-state index in [-0.39, 0.29) is 5.41 Å². The smallest absolute Gasteiger partial charge is 0.119 e. The van der Waals surface area contributed by atoms with Crippen LogP contribution in [-0.4, -0.2) is 6.61 Å². The zero-order valence-corrected chi connectivity index (χ0v) is 20.9. The van der Waals surface area contributed by atoms with Crippen LogP contribution in [0.4, 0.5) is 0 Å². The third-order valence-corrected chi connectivity index (χ3v) is 7.16. The van der Waals surface area contributed by atoms with Crippen molar-refractivity contribution < 1.29 is 4.74 Å². The predicted octanol–water partition coefficient (Wildman–Crippen LogP) is 9.61. The molecule has 6 aromatic rings. The van der Waals surface area contributed by atoms with E-state index in [9.17, 15) is 0 Å². The minimum Gasteiger partial charge on any atom is -0.494 e. The molecule has 0 N–H and O–H groups in total. The van der Waals surface area contributed by atoms with Crippen LogP contribution in [0.15, 0.2) is 97.1 Å². The molecule has 6 rings (SSSR count). The molecule has 0 aliphatic carbocycles. The van der Waals surface area contributed by atoms with Gasteiger partial charge in [-0.2, -0.15) is 0 Å². The highest BCUT2D eigenvalue weighted by Crippen LogP contribution is 2.41. The molecule has 6 aromatic carbocycles. The first kappa shape index (κ1) is 21.7. The summed E-state index contributed by atoms with van der Waals surface area (Å²) in [6.45, 7) is 9.55. The molecule has 1 heteroatoms. The fourth-order valence-electron chi connectivity index (χ4n) is 5.26. The van der Waals surface area contributed by atoms with Crippen LogP contribution in [0.2, 0.25) is 0 Å². The summed E-state index contributed by atoms with van der Waals surface area (Å²) < 4.78 is 5.59. The molecular weight excluding hydrogens is 424 g/mol. The predicted molar refractivity (Wildman–Crippen MR) is 151 cm³/mol. The van der Waals surface area contributed by atoms with E-state index < -0.39 is 0 Å². The van der Waals surface area contributed by atoms with Gasteiger partial charge in [-0.25, -0.2) is 0 Å². The largest absolute Gasteiger partial charge is 0.494 e. The molecule has 0 saturated heterocycles. The van der Waals surface area contributed by atoms with Crippen LogP contribution < -0.4 is 4.74 Å². The van der Waals surface area contributed by atoms with Crippen LogP contribution in [0.1, 0.15) is 33.3 Å². The van der Waals surface area contributed by atoms with Crippen LogP contribution in [0.3, 0.4) is 0 Å². The van der Waals surface area contributed by atoms with Crippen LogP contribution in [0.25, 0.3) is 54.6 Å². The average molecular weight is 455 g/mol. The molecule has 0 fully saturated rings. The van der Waals surface area contributed by atoms with Crippen molar-refractivity contribution in [2.75, 3.05) is 6.61 Å². The molecule has 0 amide bonds. The number of ether oxygens (including phenoxy) is 1. The second-order valence-corrected chi connectivity index (χ2v) is 10.5. The van der Waals surface area contributed by atoms with Gasteiger partial charge < -0.3 is 4.74 Å². The Kier molecular flexibility index (Phi) is 5.04. The van der Waals surface area contributed by atoms with E-state index >= 15 is 0 Å². The molecule has 0 aromatic heterocycles. The van der Waals surface area contributed by atoms with E-state index in [4.69, 9.17) is 4.74 Å². The second-order valence-electron chi connectivity index (χ2n) is 10.5. The highest BCUT2D eigenvalue weighted by Gasteiger charge is 2.18. The third-order valence-electron chi connectivity index (χ3n) is 7.16. The summed E-state index contributed by atoms with van der Waals surface area (Å²) in [7, 11) is 0. The van der Waals surface area contributed by atoms with E-state index in [1.54, 1.807) is 0 Å². The molecule has 172 valence electrons. The molecule has 0 unspecified atom stereocenters. The summed E-state index contributed by atoms with van der Waals surface area (Å²) in [5.74, 6) is 0.913. The molecule has 1 nitrogen and oxygen atoms in total. The van der Waals surface area contributed by atoms with Crippen LogP contribution in [0, 0.1) is 0 Å². The lowest BCUT2D eigenvalue weighted by molar-refractivity contribution is 0.340. The number of hydrogen-bond acceptors (Lipinski definition) is 1. The fraction of sp³-hybridized carbons (Fsp3) is 0.176. The van der Waals surface area contributed by atoms with E-state index in [1.807, 2.05) is 19.1 Å². The first-order valence-electron chi connectivity index (χ1n) is 12.5. The Labute approximate surface area is 207 Å². The lowest BCUT2D eigenvalue weighted by atomic mass is 9.82.